The molecule has 0 radical (unpaired) electrons. The Bertz CT molecular complexity index is 872. The summed E-state index contributed by atoms with van der Waals surface area (Å²) >= 11 is 6.18. The van der Waals surface area contributed by atoms with Gasteiger partial charge in [0, 0.05) is 30.3 Å². The maximum atomic E-state index is 12.9. The second-order valence-electron chi connectivity index (χ2n) is 8.02. The van der Waals surface area contributed by atoms with Crippen molar-refractivity contribution in [2.45, 2.75) is 26.7 Å². The van der Waals surface area contributed by atoms with Gasteiger partial charge in [0.2, 0.25) is 0 Å². The zero-order chi connectivity index (χ0) is 21.0. The zero-order valence-electron chi connectivity index (χ0n) is 16.8. The molecule has 1 heterocycles. The maximum Gasteiger partial charge on any atom is 0.335 e. The highest BCUT2D eigenvalue weighted by Gasteiger charge is 2.25. The maximum absolute atomic E-state index is 12.9. The summed E-state index contributed by atoms with van der Waals surface area (Å²) in [7, 11) is 0. The van der Waals surface area contributed by atoms with Crippen molar-refractivity contribution in [2.24, 2.45) is 11.8 Å². The molecule has 0 aromatic heterocycles. The summed E-state index contributed by atoms with van der Waals surface area (Å²) in [6.07, 6.45) is 1.83. The quantitative estimate of drug-likeness (QED) is 0.730. The number of carbonyl (C=O) groups excluding carboxylic acids is 1. The van der Waals surface area contributed by atoms with Crippen molar-refractivity contribution in [2.75, 3.05) is 24.5 Å². The van der Waals surface area contributed by atoms with Gasteiger partial charge in [0.1, 0.15) is 0 Å². The fourth-order valence-electron chi connectivity index (χ4n) is 4.06. The van der Waals surface area contributed by atoms with E-state index in [2.05, 4.69) is 24.1 Å². The molecule has 2 atom stereocenters. The third-order valence-corrected chi connectivity index (χ3v) is 5.55. The number of hydrogen-bond donors (Lipinski definition) is 2. The van der Waals surface area contributed by atoms with Gasteiger partial charge in [-0.3, -0.25) is 4.79 Å². The molecule has 2 aromatic rings. The van der Waals surface area contributed by atoms with Crippen LogP contribution < -0.4 is 10.2 Å². The molecule has 1 aliphatic rings. The van der Waals surface area contributed by atoms with E-state index in [1.165, 1.54) is 6.42 Å². The van der Waals surface area contributed by atoms with Crippen molar-refractivity contribution in [1.82, 2.24) is 5.32 Å². The Morgan fingerprint density at radius 3 is 2.38 bits per heavy atom. The van der Waals surface area contributed by atoms with Gasteiger partial charge in [-0.25, -0.2) is 4.79 Å². The first-order valence-corrected chi connectivity index (χ1v) is 10.4. The lowest BCUT2D eigenvalue weighted by atomic mass is 9.91. The molecular weight excluding hydrogens is 388 g/mol. The number of amides is 1. The van der Waals surface area contributed by atoms with Crippen molar-refractivity contribution in [1.29, 1.82) is 0 Å². The van der Waals surface area contributed by atoms with Crippen molar-refractivity contribution < 1.29 is 14.7 Å². The predicted molar refractivity (Wildman–Crippen MR) is 116 cm³/mol. The Labute approximate surface area is 176 Å². The monoisotopic (exact) mass is 414 g/mol. The normalized spacial score (nSPS) is 19.1. The fourth-order valence-corrected chi connectivity index (χ4v) is 4.23. The van der Waals surface area contributed by atoms with Crippen LogP contribution in [0.3, 0.4) is 0 Å². The van der Waals surface area contributed by atoms with E-state index in [-0.39, 0.29) is 11.5 Å². The molecule has 1 amide bonds. The van der Waals surface area contributed by atoms with E-state index in [0.29, 0.717) is 35.4 Å². The molecule has 1 saturated heterocycles. The topological polar surface area (TPSA) is 69.6 Å². The zero-order valence-corrected chi connectivity index (χ0v) is 17.6. The Morgan fingerprint density at radius 1 is 1.10 bits per heavy atom. The largest absolute Gasteiger partial charge is 0.478 e. The molecule has 154 valence electrons. The van der Waals surface area contributed by atoms with Crippen LogP contribution in [0, 0.1) is 11.8 Å². The van der Waals surface area contributed by atoms with Crippen molar-refractivity contribution in [3.63, 3.8) is 0 Å². The smallest absolute Gasteiger partial charge is 0.335 e. The fraction of sp³-hybridized carbons (Fsp3) is 0.391. The lowest BCUT2D eigenvalue weighted by molar-refractivity contribution is 0.0696. The number of piperidine rings is 1. The average molecular weight is 415 g/mol. The van der Waals surface area contributed by atoms with Crippen LogP contribution in [0.2, 0.25) is 5.02 Å². The molecule has 0 spiro atoms. The van der Waals surface area contributed by atoms with Gasteiger partial charge in [-0.15, -0.1) is 0 Å². The number of halogens is 1. The van der Waals surface area contributed by atoms with Gasteiger partial charge in [-0.05, 0) is 60.6 Å². The van der Waals surface area contributed by atoms with Crippen LogP contribution in [0.15, 0.2) is 42.5 Å². The highest BCUT2D eigenvalue weighted by Crippen LogP contribution is 2.30. The molecule has 1 aliphatic heterocycles. The second kappa shape index (κ2) is 9.31. The van der Waals surface area contributed by atoms with E-state index in [1.807, 2.05) is 12.1 Å². The van der Waals surface area contributed by atoms with Crippen molar-refractivity contribution in [3.8, 4) is 0 Å². The van der Waals surface area contributed by atoms with E-state index in [9.17, 15) is 9.59 Å². The molecule has 5 nitrogen and oxygen atoms in total. The van der Waals surface area contributed by atoms with Crippen LogP contribution in [0.1, 0.15) is 46.5 Å². The van der Waals surface area contributed by atoms with Crippen LogP contribution >= 0.6 is 11.6 Å². The average Bonchev–Trinajstić information content (AvgIpc) is 2.67. The third kappa shape index (κ3) is 5.51. The number of anilines is 1. The van der Waals surface area contributed by atoms with E-state index in [1.54, 1.807) is 30.3 Å². The number of rotatable bonds is 6. The Balaban J connectivity index is 1.67. The van der Waals surface area contributed by atoms with Gasteiger partial charge in [0.15, 0.2) is 0 Å². The first-order chi connectivity index (χ1) is 13.8. The molecule has 0 bridgehead atoms. The number of carboxylic acids is 1. The van der Waals surface area contributed by atoms with Crippen LogP contribution in [-0.2, 0) is 6.42 Å². The first-order valence-electron chi connectivity index (χ1n) is 9.98. The molecule has 1 fully saturated rings. The highest BCUT2D eigenvalue weighted by atomic mass is 35.5. The molecule has 3 rings (SSSR count). The van der Waals surface area contributed by atoms with Gasteiger partial charge in [-0.1, -0.05) is 37.6 Å². The van der Waals surface area contributed by atoms with Gasteiger partial charge < -0.3 is 15.3 Å². The summed E-state index contributed by atoms with van der Waals surface area (Å²) < 4.78 is 0. The number of nitrogens with zero attached hydrogens (tertiary/aromatic N) is 1. The first kappa shape index (κ1) is 21.2. The summed E-state index contributed by atoms with van der Waals surface area (Å²) in [5.74, 6) is 0.0773. The minimum atomic E-state index is -0.945. The summed E-state index contributed by atoms with van der Waals surface area (Å²) in [6.45, 7) is 6.82. The third-order valence-electron chi connectivity index (χ3n) is 5.31. The lowest BCUT2D eigenvalue weighted by Gasteiger charge is -2.37. The molecule has 0 unspecified atom stereocenters. The Kier molecular flexibility index (Phi) is 6.80. The van der Waals surface area contributed by atoms with Gasteiger partial charge >= 0.3 is 5.97 Å². The SMILES string of the molecule is C[C@@H]1C[C@H](C)CN(c2ccc(Cl)cc2C(=O)NCCc2ccc(C(=O)O)cc2)C1. The van der Waals surface area contributed by atoms with E-state index in [0.717, 1.165) is 24.3 Å². The van der Waals surface area contributed by atoms with Crippen LogP contribution in [0.4, 0.5) is 5.69 Å². The van der Waals surface area contributed by atoms with Crippen LogP contribution in [0.25, 0.3) is 0 Å². The summed E-state index contributed by atoms with van der Waals surface area (Å²) in [5, 5.41) is 12.5. The number of nitrogens with one attached hydrogen (secondary N) is 1. The number of benzene rings is 2. The summed E-state index contributed by atoms with van der Waals surface area (Å²) in [4.78, 5) is 26.1. The van der Waals surface area contributed by atoms with E-state index < -0.39 is 5.97 Å². The van der Waals surface area contributed by atoms with Crippen molar-refractivity contribution in [3.05, 3.63) is 64.2 Å². The lowest BCUT2D eigenvalue weighted by Crippen LogP contribution is -2.40. The number of hydrogen-bond acceptors (Lipinski definition) is 3. The Hall–Kier alpha value is -2.53. The minimum absolute atomic E-state index is 0.143. The molecular formula is C23H27ClN2O3. The van der Waals surface area contributed by atoms with E-state index >= 15 is 0 Å². The van der Waals surface area contributed by atoms with Gasteiger partial charge in [0.25, 0.3) is 5.91 Å². The second-order valence-corrected chi connectivity index (χ2v) is 8.46. The molecule has 6 heteroatoms. The number of aromatic carboxylic acids is 1. The molecule has 2 N–H and O–H groups in total. The van der Waals surface area contributed by atoms with E-state index in [4.69, 9.17) is 16.7 Å². The summed E-state index contributed by atoms with van der Waals surface area (Å²) in [6, 6.07) is 12.2. The van der Waals surface area contributed by atoms with Crippen LogP contribution in [0.5, 0.6) is 0 Å². The molecule has 29 heavy (non-hydrogen) atoms. The predicted octanol–water partition coefficient (Wildman–Crippen LogP) is 4.49. The van der Waals surface area contributed by atoms with Gasteiger partial charge in [0.05, 0.1) is 11.1 Å². The molecule has 0 aliphatic carbocycles. The number of carboxylic acid groups (broad SMARTS) is 1. The van der Waals surface area contributed by atoms with Gasteiger partial charge in [-0.2, -0.15) is 0 Å². The number of carbonyl (C=O) groups is 2. The highest BCUT2D eigenvalue weighted by molar-refractivity contribution is 6.31. The molecule has 0 saturated carbocycles. The Morgan fingerprint density at radius 2 is 1.76 bits per heavy atom. The minimum Gasteiger partial charge on any atom is -0.478 e. The molecule has 2 aromatic carbocycles. The standard InChI is InChI=1S/C23H27ClN2O3/c1-15-11-16(2)14-26(13-15)21-8-7-19(24)12-20(21)22(27)25-10-9-17-3-5-18(6-4-17)23(28)29/h3-8,12,15-16H,9-11,13-14H2,1-2H3,(H,25,27)(H,28,29)/t15-,16+. The summed E-state index contributed by atoms with van der Waals surface area (Å²) in [5.41, 5.74) is 2.75. The van der Waals surface area contributed by atoms with Crippen molar-refractivity contribution >= 4 is 29.2 Å². The van der Waals surface area contributed by atoms with Crippen LogP contribution in [-0.4, -0.2) is 36.6 Å².